The summed E-state index contributed by atoms with van der Waals surface area (Å²) >= 11 is 0. The van der Waals surface area contributed by atoms with Crippen molar-refractivity contribution in [1.29, 1.82) is 0 Å². The highest BCUT2D eigenvalue weighted by Gasteiger charge is 2.41. The Kier molecular flexibility index (Phi) is 4.48. The predicted octanol–water partition coefficient (Wildman–Crippen LogP) is 1.33. The lowest BCUT2D eigenvalue weighted by Gasteiger charge is -2.35. The minimum Gasteiger partial charge on any atom is -0.370 e. The number of carbonyl (C=O) groups is 2. The van der Waals surface area contributed by atoms with E-state index in [1.807, 2.05) is 44.2 Å². The van der Waals surface area contributed by atoms with Crippen molar-refractivity contribution < 1.29 is 9.59 Å². The Hall–Kier alpha value is -1.84. The van der Waals surface area contributed by atoms with Gasteiger partial charge >= 0.3 is 0 Å². The van der Waals surface area contributed by atoms with Crippen LogP contribution >= 0.6 is 0 Å². The zero-order valence-electron chi connectivity index (χ0n) is 10.8. The number of nitrogens with two attached hydrogens (primary N) is 2. The molecule has 4 nitrogen and oxygen atoms in total. The quantitative estimate of drug-likeness (QED) is 0.795. The maximum atomic E-state index is 11.9. The van der Waals surface area contributed by atoms with Crippen molar-refractivity contribution >= 4 is 11.8 Å². The van der Waals surface area contributed by atoms with E-state index in [0.29, 0.717) is 6.42 Å². The van der Waals surface area contributed by atoms with Gasteiger partial charge in [-0.2, -0.15) is 0 Å². The summed E-state index contributed by atoms with van der Waals surface area (Å²) in [6.07, 6.45) is 0.495. The molecule has 0 bridgehead atoms. The Morgan fingerprint density at radius 2 is 1.72 bits per heavy atom. The molecule has 4 N–H and O–H groups in total. The SMILES string of the molecule is CC(C)C(CCC(N)=O)(C(N)=O)c1ccccc1. The van der Waals surface area contributed by atoms with E-state index in [-0.39, 0.29) is 12.3 Å². The van der Waals surface area contributed by atoms with Gasteiger partial charge in [0.1, 0.15) is 0 Å². The van der Waals surface area contributed by atoms with Crippen molar-refractivity contribution in [1.82, 2.24) is 0 Å². The van der Waals surface area contributed by atoms with Gasteiger partial charge in [0.25, 0.3) is 0 Å². The van der Waals surface area contributed by atoms with Gasteiger partial charge < -0.3 is 11.5 Å². The van der Waals surface area contributed by atoms with Gasteiger partial charge in [0, 0.05) is 6.42 Å². The van der Waals surface area contributed by atoms with Crippen LogP contribution in [0, 0.1) is 5.92 Å². The monoisotopic (exact) mass is 248 g/mol. The van der Waals surface area contributed by atoms with E-state index in [0.717, 1.165) is 5.56 Å². The molecule has 0 saturated heterocycles. The standard InChI is InChI=1S/C14H20N2O2/c1-10(2)14(13(16)18,9-8-12(15)17)11-6-4-3-5-7-11/h3-7,10H,8-9H2,1-2H3,(H2,15,17)(H2,16,18). The van der Waals surface area contributed by atoms with E-state index in [4.69, 9.17) is 11.5 Å². The number of rotatable bonds is 6. The Labute approximate surface area is 107 Å². The van der Waals surface area contributed by atoms with Crippen LogP contribution in [0.1, 0.15) is 32.3 Å². The summed E-state index contributed by atoms with van der Waals surface area (Å²) in [6.45, 7) is 3.86. The van der Waals surface area contributed by atoms with Gasteiger partial charge in [-0.15, -0.1) is 0 Å². The van der Waals surface area contributed by atoms with Crippen LogP contribution in [0.2, 0.25) is 0 Å². The molecule has 4 heteroatoms. The highest BCUT2D eigenvalue weighted by atomic mass is 16.1. The molecule has 0 fully saturated rings. The molecular formula is C14H20N2O2. The number of hydrogen-bond donors (Lipinski definition) is 2. The molecule has 1 rings (SSSR count). The van der Waals surface area contributed by atoms with E-state index in [2.05, 4.69) is 0 Å². The summed E-state index contributed by atoms with van der Waals surface area (Å²) in [6, 6.07) is 9.33. The lowest BCUT2D eigenvalue weighted by molar-refractivity contribution is -0.126. The Morgan fingerprint density at radius 3 is 2.11 bits per heavy atom. The summed E-state index contributed by atoms with van der Waals surface area (Å²) in [5.41, 5.74) is 10.8. The van der Waals surface area contributed by atoms with Crippen molar-refractivity contribution in [2.24, 2.45) is 17.4 Å². The lowest BCUT2D eigenvalue weighted by Crippen LogP contribution is -2.46. The number of hydrogen-bond acceptors (Lipinski definition) is 2. The second-order valence-corrected chi connectivity index (χ2v) is 4.82. The third kappa shape index (κ3) is 2.70. The minimum absolute atomic E-state index is 0.00301. The van der Waals surface area contributed by atoms with Crippen molar-refractivity contribution in [2.75, 3.05) is 0 Å². The van der Waals surface area contributed by atoms with E-state index in [1.54, 1.807) is 0 Å². The van der Waals surface area contributed by atoms with Crippen LogP contribution in [-0.2, 0) is 15.0 Å². The molecule has 1 atom stereocenters. The van der Waals surface area contributed by atoms with E-state index >= 15 is 0 Å². The molecule has 18 heavy (non-hydrogen) atoms. The molecule has 0 aliphatic heterocycles. The zero-order valence-corrected chi connectivity index (χ0v) is 10.8. The lowest BCUT2D eigenvalue weighted by atomic mass is 9.68. The molecule has 1 aromatic rings. The van der Waals surface area contributed by atoms with Crippen LogP contribution in [-0.4, -0.2) is 11.8 Å². The first-order chi connectivity index (χ1) is 8.41. The number of amides is 2. The third-order valence-electron chi connectivity index (χ3n) is 3.48. The van der Waals surface area contributed by atoms with Crippen LogP contribution < -0.4 is 11.5 Å². The van der Waals surface area contributed by atoms with Gasteiger partial charge in [-0.3, -0.25) is 9.59 Å². The largest absolute Gasteiger partial charge is 0.370 e. The van der Waals surface area contributed by atoms with Crippen LogP contribution in [0.3, 0.4) is 0 Å². The first-order valence-corrected chi connectivity index (χ1v) is 6.05. The first kappa shape index (κ1) is 14.2. The van der Waals surface area contributed by atoms with Crippen LogP contribution in [0.5, 0.6) is 0 Å². The number of benzene rings is 1. The van der Waals surface area contributed by atoms with E-state index in [9.17, 15) is 9.59 Å². The molecule has 0 spiro atoms. The van der Waals surface area contributed by atoms with Gasteiger partial charge in [0.05, 0.1) is 5.41 Å². The minimum atomic E-state index is -0.837. The molecule has 2 amide bonds. The van der Waals surface area contributed by atoms with Crippen molar-refractivity contribution in [3.8, 4) is 0 Å². The molecule has 1 aromatic carbocycles. The van der Waals surface area contributed by atoms with Gasteiger partial charge in [-0.25, -0.2) is 0 Å². The average Bonchev–Trinajstić information content (AvgIpc) is 2.30. The Balaban J connectivity index is 3.22. The summed E-state index contributed by atoms with van der Waals surface area (Å²) in [5, 5.41) is 0. The highest BCUT2D eigenvalue weighted by molar-refractivity contribution is 5.88. The maximum Gasteiger partial charge on any atom is 0.228 e. The topological polar surface area (TPSA) is 86.2 Å². The summed E-state index contributed by atoms with van der Waals surface area (Å²) in [5.74, 6) is -0.834. The predicted molar refractivity (Wildman–Crippen MR) is 70.6 cm³/mol. The summed E-state index contributed by atoms with van der Waals surface area (Å²) < 4.78 is 0. The second kappa shape index (κ2) is 5.67. The van der Waals surface area contributed by atoms with Crippen LogP contribution in [0.25, 0.3) is 0 Å². The van der Waals surface area contributed by atoms with Gasteiger partial charge in [-0.1, -0.05) is 44.2 Å². The molecule has 0 aliphatic rings. The fourth-order valence-corrected chi connectivity index (χ4v) is 2.37. The molecule has 98 valence electrons. The normalized spacial score (nSPS) is 14.2. The third-order valence-corrected chi connectivity index (χ3v) is 3.48. The fraction of sp³-hybridized carbons (Fsp3) is 0.429. The number of primary amides is 2. The maximum absolute atomic E-state index is 11.9. The molecule has 0 aromatic heterocycles. The van der Waals surface area contributed by atoms with E-state index in [1.165, 1.54) is 0 Å². The molecule has 0 aliphatic carbocycles. The highest BCUT2D eigenvalue weighted by Crippen LogP contribution is 2.36. The van der Waals surface area contributed by atoms with E-state index < -0.39 is 17.2 Å². The molecule has 0 saturated carbocycles. The fourth-order valence-electron chi connectivity index (χ4n) is 2.37. The molecule has 1 unspecified atom stereocenters. The molecule has 0 radical (unpaired) electrons. The van der Waals surface area contributed by atoms with Crippen molar-refractivity contribution in [3.05, 3.63) is 35.9 Å². The van der Waals surface area contributed by atoms with Gasteiger partial charge in [-0.05, 0) is 17.9 Å². The van der Waals surface area contributed by atoms with Gasteiger partial charge in [0.15, 0.2) is 0 Å². The Bertz CT molecular complexity index is 429. The van der Waals surface area contributed by atoms with Crippen molar-refractivity contribution in [3.63, 3.8) is 0 Å². The average molecular weight is 248 g/mol. The van der Waals surface area contributed by atoms with Crippen LogP contribution in [0.4, 0.5) is 0 Å². The summed E-state index contributed by atoms with van der Waals surface area (Å²) in [7, 11) is 0. The Morgan fingerprint density at radius 1 is 1.17 bits per heavy atom. The van der Waals surface area contributed by atoms with Crippen LogP contribution in [0.15, 0.2) is 30.3 Å². The smallest absolute Gasteiger partial charge is 0.228 e. The summed E-state index contributed by atoms with van der Waals surface area (Å²) in [4.78, 5) is 22.9. The zero-order chi connectivity index (χ0) is 13.8. The number of carbonyl (C=O) groups excluding carboxylic acids is 2. The van der Waals surface area contributed by atoms with Gasteiger partial charge in [0.2, 0.25) is 11.8 Å². The molecule has 0 heterocycles. The molecular weight excluding hydrogens is 228 g/mol. The first-order valence-electron chi connectivity index (χ1n) is 6.05. The second-order valence-electron chi connectivity index (χ2n) is 4.82. The van der Waals surface area contributed by atoms with Crippen molar-refractivity contribution in [2.45, 2.75) is 32.1 Å².